The average molecular weight is 799 g/mol. The summed E-state index contributed by atoms with van der Waals surface area (Å²) in [7, 11) is 18.3. The minimum atomic E-state index is 0.997. The highest BCUT2D eigenvalue weighted by atomic mass is 33.1. The molecule has 2 aromatic heterocycles. The molecule has 0 atom stereocenters. The number of benzene rings is 1. The lowest BCUT2D eigenvalue weighted by Gasteiger charge is -2.32. The minimum Gasteiger partial charge on any atom is -0.374 e. The fraction of sp³-hybridized carbons (Fsp3) is 0.500. The number of pyridine rings is 2. The molecule has 0 fully saturated rings. The SMILES string of the molecule is CC[n+]1ccc(/C=C/C2=C(N(C)CCC[N+](C)(C)CCCSSCCC[N+](C)(C)CCCN(C)c3ccccc3/C=C/c3cc[n+](CC)cc3)C=CCC2)cc1. The number of hydrogen-bond donors (Lipinski definition) is 0. The molecule has 0 bridgehead atoms. The van der Waals surface area contributed by atoms with E-state index in [9.17, 15) is 0 Å². The van der Waals surface area contributed by atoms with E-state index < -0.39 is 0 Å². The number of likely N-dealkylation sites (N-methyl/N-ethyl adjacent to an activating group) is 1. The molecule has 0 unspecified atom stereocenters. The zero-order valence-electron chi connectivity index (χ0n) is 36.2. The highest BCUT2D eigenvalue weighted by Gasteiger charge is 2.18. The van der Waals surface area contributed by atoms with Crippen LogP contribution in [0.25, 0.3) is 18.2 Å². The molecule has 2 heterocycles. The van der Waals surface area contributed by atoms with E-state index in [1.54, 1.807) is 0 Å². The first kappa shape index (κ1) is 45.4. The predicted molar refractivity (Wildman–Crippen MR) is 247 cm³/mol. The first-order valence-electron chi connectivity index (χ1n) is 21.1. The Kier molecular flexibility index (Phi) is 19.3. The Morgan fingerprint density at radius 2 is 1.12 bits per heavy atom. The van der Waals surface area contributed by atoms with Crippen LogP contribution in [-0.4, -0.2) is 107 Å². The Hall–Kier alpha value is -3.30. The van der Waals surface area contributed by atoms with Crippen LogP contribution in [0, 0.1) is 0 Å². The van der Waals surface area contributed by atoms with Gasteiger partial charge in [-0.1, -0.05) is 70.2 Å². The molecule has 0 radical (unpaired) electrons. The molecule has 56 heavy (non-hydrogen) atoms. The predicted octanol–water partition coefficient (Wildman–Crippen LogP) is 9.25. The topological polar surface area (TPSA) is 14.2 Å². The molecule has 0 amide bonds. The molecule has 1 aromatic carbocycles. The molecular weight excluding hydrogens is 725 g/mol. The Bertz CT molecular complexity index is 1710. The largest absolute Gasteiger partial charge is 0.374 e. The number of para-hydroxylation sites is 1. The summed E-state index contributed by atoms with van der Waals surface area (Å²) in [6.45, 7) is 13.4. The standard InChI is InChI=1S/C48H74N6S2/c1-9-51-33-27-43(28-34-51)23-25-45-19-11-13-21-47(45)49(3)31-15-37-53(5,6)39-17-41-55-56-42-18-40-54(7,8)38-16-32-50(4)48-22-14-12-20-46(48)26-24-44-29-35-52(10-2)36-30-44/h11,13-14,19,21-30,33-36H,9-10,12,15-18,20,31-32,37-42H2,1-8H3/q+4. The van der Waals surface area contributed by atoms with E-state index in [0.717, 1.165) is 48.0 Å². The van der Waals surface area contributed by atoms with Gasteiger partial charge in [-0.3, -0.25) is 0 Å². The van der Waals surface area contributed by atoms with Crippen molar-refractivity contribution in [3.05, 3.63) is 120 Å². The maximum absolute atomic E-state index is 2.48. The summed E-state index contributed by atoms with van der Waals surface area (Å²) in [6.07, 6.45) is 29.6. The van der Waals surface area contributed by atoms with E-state index in [1.165, 1.54) is 97.0 Å². The van der Waals surface area contributed by atoms with Crippen molar-refractivity contribution < 1.29 is 18.1 Å². The van der Waals surface area contributed by atoms with E-state index >= 15 is 0 Å². The van der Waals surface area contributed by atoms with Crippen LogP contribution in [-0.2, 0) is 13.1 Å². The third-order valence-electron chi connectivity index (χ3n) is 11.0. The molecule has 6 nitrogen and oxygen atoms in total. The molecule has 0 N–H and O–H groups in total. The number of nitrogens with zero attached hydrogens (tertiary/aromatic N) is 6. The van der Waals surface area contributed by atoms with E-state index in [-0.39, 0.29) is 0 Å². The second-order valence-corrected chi connectivity index (χ2v) is 19.4. The lowest BCUT2D eigenvalue weighted by Crippen LogP contribution is -2.42. The third kappa shape index (κ3) is 16.3. The van der Waals surface area contributed by atoms with Gasteiger partial charge in [0.05, 0.1) is 54.4 Å². The Morgan fingerprint density at radius 1 is 0.625 bits per heavy atom. The van der Waals surface area contributed by atoms with Crippen molar-refractivity contribution in [3.8, 4) is 0 Å². The minimum absolute atomic E-state index is 0.997. The van der Waals surface area contributed by atoms with Crippen molar-refractivity contribution in [3.63, 3.8) is 0 Å². The van der Waals surface area contributed by atoms with Crippen molar-refractivity contribution in [2.45, 2.75) is 65.5 Å². The van der Waals surface area contributed by atoms with Crippen molar-refractivity contribution in [2.75, 3.05) is 98.0 Å². The van der Waals surface area contributed by atoms with Crippen molar-refractivity contribution in [1.29, 1.82) is 0 Å². The summed E-state index contributed by atoms with van der Waals surface area (Å²) in [5.74, 6) is 2.48. The normalized spacial score (nSPS) is 13.7. The van der Waals surface area contributed by atoms with Crippen molar-refractivity contribution in [1.82, 2.24) is 4.90 Å². The van der Waals surface area contributed by atoms with Crippen LogP contribution in [0.2, 0.25) is 0 Å². The number of rotatable bonds is 25. The molecule has 1 aliphatic rings. The lowest BCUT2D eigenvalue weighted by molar-refractivity contribution is -0.890. The number of hydrogen-bond acceptors (Lipinski definition) is 4. The van der Waals surface area contributed by atoms with Crippen LogP contribution in [0.1, 0.15) is 69.1 Å². The maximum Gasteiger partial charge on any atom is 0.169 e. The monoisotopic (exact) mass is 799 g/mol. The van der Waals surface area contributed by atoms with E-state index in [4.69, 9.17) is 0 Å². The van der Waals surface area contributed by atoms with Gasteiger partial charge in [0.15, 0.2) is 24.8 Å². The highest BCUT2D eigenvalue weighted by Crippen LogP contribution is 2.26. The van der Waals surface area contributed by atoms with Gasteiger partial charge < -0.3 is 18.8 Å². The van der Waals surface area contributed by atoms with Gasteiger partial charge >= 0.3 is 0 Å². The van der Waals surface area contributed by atoms with Gasteiger partial charge in [-0.2, -0.15) is 0 Å². The Labute approximate surface area is 349 Å². The average Bonchev–Trinajstić information content (AvgIpc) is 3.20. The molecule has 0 saturated carbocycles. The molecule has 0 saturated heterocycles. The van der Waals surface area contributed by atoms with Crippen molar-refractivity contribution >= 4 is 45.5 Å². The summed E-state index contributed by atoms with van der Waals surface area (Å²) in [4.78, 5) is 4.90. The molecule has 0 aliphatic heterocycles. The van der Waals surface area contributed by atoms with Crippen LogP contribution in [0.4, 0.5) is 5.69 Å². The number of aromatic nitrogens is 2. The summed E-state index contributed by atoms with van der Waals surface area (Å²) >= 11 is 0. The third-order valence-corrected chi connectivity index (χ3v) is 13.6. The number of allylic oxidation sites excluding steroid dienone is 4. The number of anilines is 1. The van der Waals surface area contributed by atoms with Gasteiger partial charge in [-0.15, -0.1) is 0 Å². The maximum atomic E-state index is 2.48. The molecule has 3 aromatic rings. The first-order valence-corrected chi connectivity index (χ1v) is 23.6. The fourth-order valence-electron chi connectivity index (χ4n) is 7.31. The van der Waals surface area contributed by atoms with E-state index in [1.807, 2.05) is 0 Å². The molecule has 1 aliphatic carbocycles. The Balaban J connectivity index is 1.07. The quantitative estimate of drug-likeness (QED) is 0.0367. The van der Waals surface area contributed by atoms with Crippen LogP contribution in [0.3, 0.4) is 0 Å². The first-order chi connectivity index (χ1) is 27.0. The number of quaternary nitrogens is 2. The fourth-order valence-corrected chi connectivity index (χ4v) is 9.45. The van der Waals surface area contributed by atoms with E-state index in [0.29, 0.717) is 0 Å². The highest BCUT2D eigenvalue weighted by molar-refractivity contribution is 8.76. The summed E-state index contributed by atoms with van der Waals surface area (Å²) in [6, 6.07) is 17.5. The second-order valence-electron chi connectivity index (χ2n) is 16.7. The molecule has 304 valence electrons. The smallest absolute Gasteiger partial charge is 0.169 e. The molecular formula is C48H74N6S2+4. The van der Waals surface area contributed by atoms with Crippen LogP contribution in [0.15, 0.2) is 103 Å². The van der Waals surface area contributed by atoms with Crippen LogP contribution >= 0.6 is 21.6 Å². The van der Waals surface area contributed by atoms with Gasteiger partial charge in [0.25, 0.3) is 0 Å². The van der Waals surface area contributed by atoms with Crippen LogP contribution < -0.4 is 14.0 Å². The molecule has 0 spiro atoms. The summed E-state index contributed by atoms with van der Waals surface area (Å²) < 4.78 is 6.58. The molecule has 4 rings (SSSR count). The van der Waals surface area contributed by atoms with Gasteiger partial charge in [-0.05, 0) is 61.1 Å². The summed E-state index contributed by atoms with van der Waals surface area (Å²) in [5, 5.41) is 0. The second kappa shape index (κ2) is 23.8. The zero-order chi connectivity index (χ0) is 40.2. The zero-order valence-corrected chi connectivity index (χ0v) is 37.8. The van der Waals surface area contributed by atoms with Gasteiger partial charge in [0.1, 0.15) is 13.1 Å². The lowest BCUT2D eigenvalue weighted by atomic mass is 10.00. The van der Waals surface area contributed by atoms with Gasteiger partial charge in [0.2, 0.25) is 0 Å². The van der Waals surface area contributed by atoms with Crippen LogP contribution in [0.5, 0.6) is 0 Å². The molecule has 8 heteroatoms. The Morgan fingerprint density at radius 3 is 1.68 bits per heavy atom. The van der Waals surface area contributed by atoms with E-state index in [2.05, 4.69) is 206 Å². The number of aryl methyl sites for hydroxylation is 2. The van der Waals surface area contributed by atoms with Crippen molar-refractivity contribution in [2.24, 2.45) is 0 Å². The van der Waals surface area contributed by atoms with Gasteiger partial charge in [-0.25, -0.2) is 9.13 Å². The summed E-state index contributed by atoms with van der Waals surface area (Å²) in [5.41, 5.74) is 7.90. The van der Waals surface area contributed by atoms with Gasteiger partial charge in [0, 0.05) is 100 Å².